The van der Waals surface area contributed by atoms with Crippen molar-refractivity contribution in [3.63, 3.8) is 0 Å². The fourth-order valence-electron chi connectivity index (χ4n) is 2.90. The summed E-state index contributed by atoms with van der Waals surface area (Å²) in [6, 6.07) is 8.29. The Hall–Kier alpha value is -1.96. The minimum absolute atomic E-state index is 0. The number of methoxy groups -OCH3 is 1. The molecule has 2 heterocycles. The van der Waals surface area contributed by atoms with E-state index in [1.807, 2.05) is 28.9 Å². The van der Waals surface area contributed by atoms with Crippen molar-refractivity contribution >= 4 is 18.3 Å². The Labute approximate surface area is 153 Å². The first-order valence-electron chi connectivity index (χ1n) is 8.24. The molecule has 0 spiro atoms. The molecule has 0 unspecified atom stereocenters. The molecule has 2 N–H and O–H groups in total. The van der Waals surface area contributed by atoms with Crippen LogP contribution >= 0.6 is 12.4 Å². The zero-order valence-corrected chi connectivity index (χ0v) is 15.1. The molecule has 2 aromatic rings. The second kappa shape index (κ2) is 9.50. The molecule has 0 atom stereocenters. The van der Waals surface area contributed by atoms with Crippen LogP contribution in [0.4, 0.5) is 0 Å². The Morgan fingerprint density at radius 3 is 2.88 bits per heavy atom. The largest absolute Gasteiger partial charge is 0.380 e. The molecular weight excluding hydrogens is 342 g/mol. The molecule has 0 radical (unpaired) electrons. The van der Waals surface area contributed by atoms with E-state index in [1.165, 1.54) is 0 Å². The van der Waals surface area contributed by atoms with Crippen LogP contribution in [0.25, 0.3) is 0 Å². The predicted molar refractivity (Wildman–Crippen MR) is 96.7 cm³/mol. The number of nitrogens with zero attached hydrogens (tertiary/aromatic N) is 3. The highest BCUT2D eigenvalue weighted by molar-refractivity contribution is 5.91. The molecule has 1 aromatic heterocycles. The Morgan fingerprint density at radius 2 is 2.12 bits per heavy atom. The third kappa shape index (κ3) is 5.26. The van der Waals surface area contributed by atoms with Crippen molar-refractivity contribution in [1.82, 2.24) is 25.6 Å². The number of rotatable bonds is 6. The van der Waals surface area contributed by atoms with Gasteiger partial charge in [0, 0.05) is 13.7 Å². The number of carbonyl (C=O) groups excluding carboxylic acids is 1. The van der Waals surface area contributed by atoms with E-state index >= 15 is 0 Å². The molecule has 0 bridgehead atoms. The average molecular weight is 366 g/mol. The van der Waals surface area contributed by atoms with Gasteiger partial charge in [0.1, 0.15) is 0 Å². The van der Waals surface area contributed by atoms with E-state index < -0.39 is 0 Å². The summed E-state index contributed by atoms with van der Waals surface area (Å²) in [7, 11) is 1.67. The summed E-state index contributed by atoms with van der Waals surface area (Å²) in [6.45, 7) is 2.97. The van der Waals surface area contributed by atoms with Crippen molar-refractivity contribution in [1.29, 1.82) is 0 Å². The van der Waals surface area contributed by atoms with Crippen LogP contribution in [0.3, 0.4) is 0 Å². The molecule has 1 fully saturated rings. The van der Waals surface area contributed by atoms with Crippen LogP contribution in [0.2, 0.25) is 0 Å². The summed E-state index contributed by atoms with van der Waals surface area (Å²) >= 11 is 0. The normalized spacial score (nSPS) is 14.8. The monoisotopic (exact) mass is 365 g/mol. The summed E-state index contributed by atoms with van der Waals surface area (Å²) in [4.78, 5) is 12.3. The highest BCUT2D eigenvalue weighted by Crippen LogP contribution is 2.17. The van der Waals surface area contributed by atoms with Gasteiger partial charge in [-0.25, -0.2) is 4.68 Å². The molecule has 1 saturated heterocycles. The van der Waals surface area contributed by atoms with Gasteiger partial charge in [0.15, 0.2) is 5.69 Å². The molecule has 1 aliphatic heterocycles. The minimum Gasteiger partial charge on any atom is -0.380 e. The van der Waals surface area contributed by atoms with Gasteiger partial charge in [-0.1, -0.05) is 29.5 Å². The second-order valence-electron chi connectivity index (χ2n) is 6.00. The lowest BCUT2D eigenvalue weighted by molar-refractivity contribution is 0.0945. The molecular formula is C17H24ClN5O2. The fraction of sp³-hybridized carbons (Fsp3) is 0.471. The van der Waals surface area contributed by atoms with Gasteiger partial charge in [-0.05, 0) is 37.1 Å². The third-order valence-corrected chi connectivity index (χ3v) is 4.18. The van der Waals surface area contributed by atoms with Gasteiger partial charge in [-0.2, -0.15) is 0 Å². The number of ether oxygens (including phenoxy) is 1. The first-order valence-corrected chi connectivity index (χ1v) is 8.24. The number of benzene rings is 1. The number of nitrogens with one attached hydrogen (secondary N) is 2. The van der Waals surface area contributed by atoms with Crippen molar-refractivity contribution in [2.75, 3.05) is 20.2 Å². The maximum absolute atomic E-state index is 12.3. The highest BCUT2D eigenvalue weighted by atomic mass is 35.5. The molecule has 1 aliphatic rings. The number of hydrogen-bond acceptors (Lipinski definition) is 5. The van der Waals surface area contributed by atoms with Gasteiger partial charge < -0.3 is 15.4 Å². The van der Waals surface area contributed by atoms with E-state index in [2.05, 4.69) is 20.9 Å². The quantitative estimate of drug-likeness (QED) is 0.814. The number of halogens is 1. The minimum atomic E-state index is -0.202. The third-order valence-electron chi connectivity index (χ3n) is 4.18. The van der Waals surface area contributed by atoms with Gasteiger partial charge in [0.25, 0.3) is 5.91 Å². The number of piperidine rings is 1. The molecule has 3 rings (SSSR count). The van der Waals surface area contributed by atoms with Crippen LogP contribution in [0, 0.1) is 0 Å². The summed E-state index contributed by atoms with van der Waals surface area (Å²) in [5.41, 5.74) is 2.48. The summed E-state index contributed by atoms with van der Waals surface area (Å²) in [5, 5.41) is 14.3. The standard InChI is InChI=1S/C17H23N5O2.ClH/c1-24-12-14-4-2-3-13(9-14)10-19-17(23)16-11-22(21-20-16)15-5-7-18-8-6-15;/h2-4,9,11,15,18H,5-8,10,12H2,1H3,(H,19,23);1H. The summed E-state index contributed by atoms with van der Waals surface area (Å²) in [5.74, 6) is -0.202. The van der Waals surface area contributed by atoms with E-state index in [9.17, 15) is 4.79 Å². The Morgan fingerprint density at radius 1 is 1.36 bits per heavy atom. The van der Waals surface area contributed by atoms with E-state index in [-0.39, 0.29) is 18.3 Å². The SMILES string of the molecule is COCc1cccc(CNC(=O)c2cn(C3CCNCC3)nn2)c1.Cl. The average Bonchev–Trinajstić information content (AvgIpc) is 3.11. The van der Waals surface area contributed by atoms with Gasteiger partial charge >= 0.3 is 0 Å². The van der Waals surface area contributed by atoms with Crippen molar-refractivity contribution in [3.05, 3.63) is 47.3 Å². The van der Waals surface area contributed by atoms with Crippen LogP contribution in [0.15, 0.2) is 30.5 Å². The van der Waals surface area contributed by atoms with Crippen LogP contribution in [0.5, 0.6) is 0 Å². The van der Waals surface area contributed by atoms with Crippen LogP contribution in [-0.2, 0) is 17.9 Å². The second-order valence-corrected chi connectivity index (χ2v) is 6.00. The van der Waals surface area contributed by atoms with E-state index in [0.29, 0.717) is 24.9 Å². The zero-order valence-electron chi connectivity index (χ0n) is 14.3. The first kappa shape index (κ1) is 19.4. The summed E-state index contributed by atoms with van der Waals surface area (Å²) in [6.07, 6.45) is 3.76. The van der Waals surface area contributed by atoms with E-state index in [1.54, 1.807) is 13.3 Å². The molecule has 136 valence electrons. The number of hydrogen-bond donors (Lipinski definition) is 2. The number of aromatic nitrogens is 3. The maximum atomic E-state index is 12.3. The fourth-order valence-corrected chi connectivity index (χ4v) is 2.90. The Kier molecular flexibility index (Phi) is 7.36. The van der Waals surface area contributed by atoms with Crippen molar-refractivity contribution < 1.29 is 9.53 Å². The van der Waals surface area contributed by atoms with E-state index in [0.717, 1.165) is 37.1 Å². The maximum Gasteiger partial charge on any atom is 0.273 e. The van der Waals surface area contributed by atoms with Gasteiger partial charge in [-0.3, -0.25) is 4.79 Å². The lowest BCUT2D eigenvalue weighted by Gasteiger charge is -2.22. The van der Waals surface area contributed by atoms with Crippen molar-refractivity contribution in [3.8, 4) is 0 Å². The van der Waals surface area contributed by atoms with Gasteiger partial charge in [-0.15, -0.1) is 17.5 Å². The van der Waals surface area contributed by atoms with Gasteiger partial charge in [0.05, 0.1) is 18.8 Å². The van der Waals surface area contributed by atoms with Crippen LogP contribution < -0.4 is 10.6 Å². The molecule has 25 heavy (non-hydrogen) atoms. The van der Waals surface area contributed by atoms with Crippen molar-refractivity contribution in [2.24, 2.45) is 0 Å². The lowest BCUT2D eigenvalue weighted by Crippen LogP contribution is -2.29. The van der Waals surface area contributed by atoms with Gasteiger partial charge in [0.2, 0.25) is 0 Å². The topological polar surface area (TPSA) is 81.1 Å². The molecule has 8 heteroatoms. The molecule has 0 saturated carbocycles. The highest BCUT2D eigenvalue weighted by Gasteiger charge is 2.18. The zero-order chi connectivity index (χ0) is 16.8. The van der Waals surface area contributed by atoms with E-state index in [4.69, 9.17) is 4.74 Å². The lowest BCUT2D eigenvalue weighted by atomic mass is 10.1. The molecule has 7 nitrogen and oxygen atoms in total. The smallest absolute Gasteiger partial charge is 0.273 e. The molecule has 0 aliphatic carbocycles. The molecule has 1 amide bonds. The molecule has 1 aromatic carbocycles. The Bertz CT molecular complexity index is 685. The number of carbonyl (C=O) groups is 1. The number of amides is 1. The Balaban J connectivity index is 0.00000225. The summed E-state index contributed by atoms with van der Waals surface area (Å²) < 4.78 is 6.94. The first-order chi connectivity index (χ1) is 11.8. The van der Waals surface area contributed by atoms with Crippen LogP contribution in [-0.4, -0.2) is 41.1 Å². The predicted octanol–water partition coefficient (Wildman–Crippen LogP) is 1.70. The van der Waals surface area contributed by atoms with Crippen LogP contribution in [0.1, 0.15) is 40.5 Å². The van der Waals surface area contributed by atoms with Crippen molar-refractivity contribution in [2.45, 2.75) is 32.0 Å².